The molecule has 1 heterocycles. The van der Waals surface area contributed by atoms with Gasteiger partial charge in [-0.2, -0.15) is 0 Å². The molecule has 0 amide bonds. The van der Waals surface area contributed by atoms with Gasteiger partial charge in [0.15, 0.2) is 0 Å². The van der Waals surface area contributed by atoms with Gasteiger partial charge < -0.3 is 23.7 Å². The predicted octanol–water partition coefficient (Wildman–Crippen LogP) is 4.14. The first-order chi connectivity index (χ1) is 17.2. The molecule has 0 radical (unpaired) electrons. The Morgan fingerprint density at radius 1 is 0.784 bits per heavy atom. The van der Waals surface area contributed by atoms with Crippen LogP contribution in [-0.4, -0.2) is 61.0 Å². The minimum absolute atomic E-state index is 0.0617. The van der Waals surface area contributed by atoms with Crippen LogP contribution in [0.4, 0.5) is 0 Å². The maximum absolute atomic E-state index is 12.0. The van der Waals surface area contributed by atoms with Crippen LogP contribution in [0.3, 0.4) is 0 Å². The summed E-state index contributed by atoms with van der Waals surface area (Å²) < 4.78 is 29.3. The fourth-order valence-electron chi connectivity index (χ4n) is 7.71. The van der Waals surface area contributed by atoms with E-state index in [1.807, 2.05) is 0 Å². The van der Waals surface area contributed by atoms with Gasteiger partial charge in [0.25, 0.3) is 0 Å². The van der Waals surface area contributed by atoms with Crippen LogP contribution in [0, 0.1) is 22.7 Å². The van der Waals surface area contributed by atoms with Crippen LogP contribution in [0.2, 0.25) is 0 Å². The first kappa shape index (κ1) is 29.4. The van der Waals surface area contributed by atoms with Crippen LogP contribution in [0.1, 0.15) is 93.4 Å². The van der Waals surface area contributed by atoms with E-state index in [9.17, 15) is 19.2 Å². The quantitative estimate of drug-likeness (QED) is 0.341. The molecule has 2 aliphatic carbocycles. The van der Waals surface area contributed by atoms with E-state index in [1.165, 1.54) is 27.7 Å². The molecule has 0 bridgehead atoms. The van der Waals surface area contributed by atoms with Crippen molar-refractivity contribution in [3.8, 4) is 0 Å². The van der Waals surface area contributed by atoms with Crippen molar-refractivity contribution in [3.63, 3.8) is 0 Å². The van der Waals surface area contributed by atoms with Crippen molar-refractivity contribution in [1.82, 2.24) is 0 Å². The number of hydrogen-bond acceptors (Lipinski definition) is 9. The smallest absolute Gasteiger partial charge is 0.302 e. The van der Waals surface area contributed by atoms with Gasteiger partial charge in [0.05, 0.1) is 12.2 Å². The van der Waals surface area contributed by atoms with E-state index in [2.05, 4.69) is 20.8 Å². The van der Waals surface area contributed by atoms with E-state index in [0.717, 1.165) is 25.7 Å². The average molecular weight is 525 g/mol. The van der Waals surface area contributed by atoms with Gasteiger partial charge in [0.1, 0.15) is 24.9 Å². The lowest BCUT2D eigenvalue weighted by atomic mass is 9.43. The topological polar surface area (TPSA) is 114 Å². The largest absolute Gasteiger partial charge is 0.466 e. The van der Waals surface area contributed by atoms with Gasteiger partial charge in [-0.15, -0.1) is 0 Å². The van der Waals surface area contributed by atoms with Crippen molar-refractivity contribution < 1.29 is 42.9 Å². The van der Waals surface area contributed by atoms with Gasteiger partial charge in [-0.05, 0) is 50.4 Å². The van der Waals surface area contributed by atoms with Crippen molar-refractivity contribution >= 4 is 23.9 Å². The zero-order chi connectivity index (χ0) is 27.6. The van der Waals surface area contributed by atoms with Crippen molar-refractivity contribution in [2.75, 3.05) is 19.8 Å². The van der Waals surface area contributed by atoms with Crippen molar-refractivity contribution in [1.29, 1.82) is 0 Å². The molecule has 2 saturated carbocycles. The second-order valence-electron chi connectivity index (χ2n) is 11.9. The highest BCUT2D eigenvalue weighted by molar-refractivity contribution is 5.67. The van der Waals surface area contributed by atoms with Crippen LogP contribution in [-0.2, 0) is 42.9 Å². The highest BCUT2D eigenvalue weighted by atomic mass is 16.6. The molecule has 1 spiro atoms. The highest BCUT2D eigenvalue weighted by Gasteiger charge is 2.69. The lowest BCUT2D eigenvalue weighted by Crippen LogP contribution is -2.67. The molecule has 3 fully saturated rings. The van der Waals surface area contributed by atoms with E-state index < -0.39 is 16.6 Å². The molecule has 1 saturated heterocycles. The molecule has 37 heavy (non-hydrogen) atoms. The summed E-state index contributed by atoms with van der Waals surface area (Å²) >= 11 is 0. The molecule has 1 aliphatic heterocycles. The Morgan fingerprint density at radius 3 is 2.00 bits per heavy atom. The molecule has 1 unspecified atom stereocenters. The predicted molar refractivity (Wildman–Crippen MR) is 133 cm³/mol. The fraction of sp³-hybridized carbons (Fsp3) is 0.857. The molecule has 7 atom stereocenters. The van der Waals surface area contributed by atoms with Crippen molar-refractivity contribution in [3.05, 3.63) is 0 Å². The summed E-state index contributed by atoms with van der Waals surface area (Å²) in [7, 11) is 0. The highest BCUT2D eigenvalue weighted by Crippen LogP contribution is 2.68. The third kappa shape index (κ3) is 5.66. The maximum Gasteiger partial charge on any atom is 0.302 e. The van der Waals surface area contributed by atoms with Crippen molar-refractivity contribution in [2.45, 2.75) is 111 Å². The van der Waals surface area contributed by atoms with Crippen molar-refractivity contribution in [2.24, 2.45) is 22.7 Å². The lowest BCUT2D eigenvalue weighted by molar-refractivity contribution is -0.275. The number of esters is 4. The van der Waals surface area contributed by atoms with Crippen LogP contribution < -0.4 is 0 Å². The van der Waals surface area contributed by atoms with Gasteiger partial charge >= 0.3 is 23.9 Å². The Morgan fingerprint density at radius 2 is 1.41 bits per heavy atom. The average Bonchev–Trinajstić information content (AvgIpc) is 3.18. The van der Waals surface area contributed by atoms with E-state index in [4.69, 9.17) is 23.7 Å². The number of ether oxygens (including phenoxy) is 5. The van der Waals surface area contributed by atoms with E-state index in [1.54, 1.807) is 0 Å². The molecule has 3 rings (SSSR count). The number of rotatable bonds is 8. The number of carbonyl (C=O) groups excluding carboxylic acids is 4. The SMILES string of the molecule is CC(=O)OCC[C@]1(COC(C)=O)CC[C@@]2(O1)[C@H](C)CCC1[C@](C)(COC(C)=O)[C@@H](OC(C)=O)CC[C@@]12C. The lowest BCUT2D eigenvalue weighted by Gasteiger charge is -2.65. The van der Waals surface area contributed by atoms with Crippen LogP contribution in [0.5, 0.6) is 0 Å². The van der Waals surface area contributed by atoms with Crippen LogP contribution in [0.25, 0.3) is 0 Å². The molecule has 9 heteroatoms. The fourth-order valence-corrected chi connectivity index (χ4v) is 7.71. The summed E-state index contributed by atoms with van der Waals surface area (Å²) in [5.41, 5.74) is -2.18. The van der Waals surface area contributed by atoms with E-state index in [-0.39, 0.29) is 67.1 Å². The standard InChI is InChI=1S/C28H44O9/c1-18-8-9-23-25(6,16-34-20(3)30)24(36-22(5)32)10-11-26(23,7)28(18)13-12-27(37-28,17-35-21(4)31)14-15-33-19(2)29/h18,23-24H,8-17H2,1-7H3/t18-,23?,24+,25+,26+,27+,28-/m1/s1. The zero-order valence-corrected chi connectivity index (χ0v) is 23.5. The Balaban J connectivity index is 1.99. The third-order valence-corrected chi connectivity index (χ3v) is 9.52. The summed E-state index contributed by atoms with van der Waals surface area (Å²) in [5, 5.41) is 0. The second-order valence-corrected chi connectivity index (χ2v) is 11.9. The third-order valence-electron chi connectivity index (χ3n) is 9.52. The normalized spacial score (nSPS) is 38.9. The molecule has 210 valence electrons. The zero-order valence-electron chi connectivity index (χ0n) is 23.5. The summed E-state index contributed by atoms with van der Waals surface area (Å²) in [6.45, 7) is 12.5. The van der Waals surface area contributed by atoms with Gasteiger partial charge in [0, 0.05) is 44.9 Å². The minimum atomic E-state index is -0.765. The van der Waals surface area contributed by atoms with Gasteiger partial charge in [-0.1, -0.05) is 20.8 Å². The monoisotopic (exact) mass is 524 g/mol. The first-order valence-corrected chi connectivity index (χ1v) is 13.5. The molecular formula is C28H44O9. The molecule has 0 N–H and O–H groups in total. The molecular weight excluding hydrogens is 480 g/mol. The molecule has 3 aliphatic rings. The molecule has 9 nitrogen and oxygen atoms in total. The van der Waals surface area contributed by atoms with Gasteiger partial charge in [-0.3, -0.25) is 19.2 Å². The van der Waals surface area contributed by atoms with Gasteiger partial charge in [0.2, 0.25) is 0 Å². The Hall–Kier alpha value is -2.16. The number of hydrogen-bond donors (Lipinski definition) is 0. The molecule has 0 aromatic carbocycles. The molecule has 0 aromatic rings. The first-order valence-electron chi connectivity index (χ1n) is 13.5. The summed E-state index contributed by atoms with van der Waals surface area (Å²) in [4.78, 5) is 47.0. The summed E-state index contributed by atoms with van der Waals surface area (Å²) in [6.07, 6.45) is 4.70. The van der Waals surface area contributed by atoms with E-state index in [0.29, 0.717) is 19.3 Å². The van der Waals surface area contributed by atoms with E-state index >= 15 is 0 Å². The Kier molecular flexibility index (Phi) is 8.67. The number of fused-ring (bicyclic) bond motifs is 2. The summed E-state index contributed by atoms with van der Waals surface area (Å²) in [6, 6.07) is 0. The van der Waals surface area contributed by atoms with Crippen LogP contribution >= 0.6 is 0 Å². The minimum Gasteiger partial charge on any atom is -0.466 e. The maximum atomic E-state index is 12.0. The second kappa shape index (κ2) is 10.9. The number of carbonyl (C=O) groups is 4. The van der Waals surface area contributed by atoms with Gasteiger partial charge in [-0.25, -0.2) is 0 Å². The van der Waals surface area contributed by atoms with Crippen LogP contribution in [0.15, 0.2) is 0 Å². The summed E-state index contributed by atoms with van der Waals surface area (Å²) in [5.74, 6) is -1.16. The Labute approximate surface area is 220 Å². The Bertz CT molecular complexity index is 902. The molecule has 0 aromatic heterocycles.